The molecule has 0 saturated carbocycles. The summed E-state index contributed by atoms with van der Waals surface area (Å²) in [5.41, 5.74) is 0.838. The minimum Gasteiger partial charge on any atom is -0.465 e. The fourth-order valence-electron chi connectivity index (χ4n) is 1.14. The van der Waals surface area contributed by atoms with E-state index in [0.717, 1.165) is 5.56 Å². The van der Waals surface area contributed by atoms with Crippen LogP contribution in [0.1, 0.15) is 5.56 Å². The summed E-state index contributed by atoms with van der Waals surface area (Å²) in [5, 5.41) is 13.5. The summed E-state index contributed by atoms with van der Waals surface area (Å²) in [4.78, 5) is 10.1. The Balaban J connectivity index is 2.17. The highest BCUT2D eigenvalue weighted by atomic mass is 19.1. The molecule has 5 heteroatoms. The molecule has 0 fully saturated rings. The lowest BCUT2D eigenvalue weighted by molar-refractivity contribution is 0.194. The molecule has 1 aromatic carbocycles. The number of carboxylic acid groups (broad SMARTS) is 1. The molecule has 15 heavy (non-hydrogen) atoms. The zero-order valence-corrected chi connectivity index (χ0v) is 8.16. The van der Waals surface area contributed by atoms with Crippen molar-refractivity contribution in [1.82, 2.24) is 10.6 Å². The van der Waals surface area contributed by atoms with Crippen molar-refractivity contribution in [3.63, 3.8) is 0 Å². The highest BCUT2D eigenvalue weighted by Crippen LogP contribution is 2.02. The van der Waals surface area contributed by atoms with Gasteiger partial charge in [0.1, 0.15) is 5.82 Å². The second kappa shape index (κ2) is 5.98. The van der Waals surface area contributed by atoms with E-state index in [0.29, 0.717) is 19.6 Å². The van der Waals surface area contributed by atoms with Crippen molar-refractivity contribution < 1.29 is 14.3 Å². The van der Waals surface area contributed by atoms with Gasteiger partial charge in [0.25, 0.3) is 0 Å². The van der Waals surface area contributed by atoms with E-state index in [-0.39, 0.29) is 5.82 Å². The molecule has 1 amide bonds. The molecule has 4 nitrogen and oxygen atoms in total. The standard InChI is InChI=1S/C10H13FN2O2/c11-9-3-1-2-8(6-9)7-12-4-5-13-10(14)15/h1-3,6,12-13H,4-5,7H2,(H,14,15). The minimum atomic E-state index is -1.04. The number of rotatable bonds is 5. The molecule has 0 aliphatic rings. The van der Waals surface area contributed by atoms with E-state index >= 15 is 0 Å². The number of hydrogen-bond acceptors (Lipinski definition) is 2. The lowest BCUT2D eigenvalue weighted by Crippen LogP contribution is -2.30. The zero-order chi connectivity index (χ0) is 11.1. The molecular weight excluding hydrogens is 199 g/mol. The van der Waals surface area contributed by atoms with Crippen LogP contribution in [-0.4, -0.2) is 24.3 Å². The molecule has 82 valence electrons. The zero-order valence-electron chi connectivity index (χ0n) is 8.16. The normalized spacial score (nSPS) is 9.93. The first-order valence-electron chi connectivity index (χ1n) is 4.60. The quantitative estimate of drug-likeness (QED) is 0.642. The summed E-state index contributed by atoms with van der Waals surface area (Å²) in [6.07, 6.45) is -1.04. The van der Waals surface area contributed by atoms with E-state index in [4.69, 9.17) is 5.11 Å². The van der Waals surface area contributed by atoms with Crippen molar-refractivity contribution >= 4 is 6.09 Å². The van der Waals surface area contributed by atoms with Gasteiger partial charge in [0, 0.05) is 19.6 Å². The topological polar surface area (TPSA) is 61.4 Å². The highest BCUT2D eigenvalue weighted by Gasteiger charge is 1.95. The number of hydrogen-bond donors (Lipinski definition) is 3. The summed E-state index contributed by atoms with van der Waals surface area (Å²) in [6.45, 7) is 1.38. The molecule has 0 bridgehead atoms. The van der Waals surface area contributed by atoms with E-state index in [1.54, 1.807) is 12.1 Å². The lowest BCUT2D eigenvalue weighted by Gasteiger charge is -2.04. The van der Waals surface area contributed by atoms with Gasteiger partial charge in [0.15, 0.2) is 0 Å². The first kappa shape index (κ1) is 11.5. The summed E-state index contributed by atoms with van der Waals surface area (Å²) in [5.74, 6) is -0.266. The summed E-state index contributed by atoms with van der Waals surface area (Å²) in [6, 6.07) is 6.27. The third kappa shape index (κ3) is 4.97. The Morgan fingerprint density at radius 3 is 2.87 bits per heavy atom. The fraction of sp³-hybridized carbons (Fsp3) is 0.300. The van der Waals surface area contributed by atoms with E-state index < -0.39 is 6.09 Å². The van der Waals surface area contributed by atoms with Crippen LogP contribution in [-0.2, 0) is 6.54 Å². The fourth-order valence-corrected chi connectivity index (χ4v) is 1.14. The minimum absolute atomic E-state index is 0.266. The molecular formula is C10H13FN2O2. The number of carbonyl (C=O) groups is 1. The van der Waals surface area contributed by atoms with Crippen LogP contribution < -0.4 is 10.6 Å². The van der Waals surface area contributed by atoms with Crippen molar-refractivity contribution in [2.75, 3.05) is 13.1 Å². The Bertz CT molecular complexity index is 331. The average Bonchev–Trinajstić information content (AvgIpc) is 2.17. The molecule has 0 unspecified atom stereocenters. The predicted molar refractivity (Wildman–Crippen MR) is 54.1 cm³/mol. The van der Waals surface area contributed by atoms with Crippen LogP contribution in [0.25, 0.3) is 0 Å². The first-order chi connectivity index (χ1) is 7.18. The van der Waals surface area contributed by atoms with Crippen LogP contribution in [0.2, 0.25) is 0 Å². The van der Waals surface area contributed by atoms with Gasteiger partial charge in [-0.15, -0.1) is 0 Å². The van der Waals surface area contributed by atoms with Gasteiger partial charge in [-0.1, -0.05) is 12.1 Å². The Morgan fingerprint density at radius 2 is 2.20 bits per heavy atom. The maximum absolute atomic E-state index is 12.7. The highest BCUT2D eigenvalue weighted by molar-refractivity contribution is 5.64. The lowest BCUT2D eigenvalue weighted by atomic mass is 10.2. The van der Waals surface area contributed by atoms with Crippen molar-refractivity contribution in [3.8, 4) is 0 Å². The summed E-state index contributed by atoms with van der Waals surface area (Å²) < 4.78 is 12.7. The van der Waals surface area contributed by atoms with Gasteiger partial charge in [-0.3, -0.25) is 0 Å². The molecule has 0 heterocycles. The largest absolute Gasteiger partial charge is 0.465 e. The van der Waals surface area contributed by atoms with Crippen LogP contribution in [0, 0.1) is 5.82 Å². The number of benzene rings is 1. The molecule has 1 aromatic rings. The Labute approximate surface area is 87.1 Å². The summed E-state index contributed by atoms with van der Waals surface area (Å²) >= 11 is 0. The van der Waals surface area contributed by atoms with Gasteiger partial charge < -0.3 is 15.7 Å². The molecule has 1 rings (SSSR count). The number of nitrogens with one attached hydrogen (secondary N) is 2. The monoisotopic (exact) mass is 212 g/mol. The molecule has 0 atom stereocenters. The van der Waals surface area contributed by atoms with Gasteiger partial charge in [-0.2, -0.15) is 0 Å². The molecule has 0 aliphatic heterocycles. The van der Waals surface area contributed by atoms with E-state index in [9.17, 15) is 9.18 Å². The van der Waals surface area contributed by atoms with Crippen molar-refractivity contribution in [1.29, 1.82) is 0 Å². The van der Waals surface area contributed by atoms with E-state index in [2.05, 4.69) is 10.6 Å². The number of amides is 1. The van der Waals surface area contributed by atoms with Crippen LogP contribution in [0.5, 0.6) is 0 Å². The van der Waals surface area contributed by atoms with Gasteiger partial charge in [-0.05, 0) is 17.7 Å². The average molecular weight is 212 g/mol. The SMILES string of the molecule is O=C(O)NCCNCc1cccc(F)c1. The maximum Gasteiger partial charge on any atom is 0.404 e. The van der Waals surface area contributed by atoms with Crippen LogP contribution in [0.3, 0.4) is 0 Å². The second-order valence-electron chi connectivity index (χ2n) is 3.04. The molecule has 0 saturated heterocycles. The van der Waals surface area contributed by atoms with Crippen molar-refractivity contribution in [2.45, 2.75) is 6.54 Å². The Morgan fingerprint density at radius 1 is 1.40 bits per heavy atom. The van der Waals surface area contributed by atoms with Crippen LogP contribution in [0.15, 0.2) is 24.3 Å². The van der Waals surface area contributed by atoms with E-state index in [1.165, 1.54) is 12.1 Å². The molecule has 0 aromatic heterocycles. The van der Waals surface area contributed by atoms with Crippen molar-refractivity contribution in [2.24, 2.45) is 0 Å². The third-order valence-electron chi connectivity index (χ3n) is 1.80. The van der Waals surface area contributed by atoms with Crippen LogP contribution in [0.4, 0.5) is 9.18 Å². The Hall–Kier alpha value is -1.62. The Kier molecular flexibility index (Phi) is 4.56. The predicted octanol–water partition coefficient (Wildman–Crippen LogP) is 1.18. The van der Waals surface area contributed by atoms with Crippen molar-refractivity contribution in [3.05, 3.63) is 35.6 Å². The second-order valence-corrected chi connectivity index (χ2v) is 3.04. The van der Waals surface area contributed by atoms with E-state index in [1.807, 2.05) is 0 Å². The first-order valence-corrected chi connectivity index (χ1v) is 4.60. The summed E-state index contributed by atoms with van der Waals surface area (Å²) in [7, 11) is 0. The third-order valence-corrected chi connectivity index (χ3v) is 1.80. The van der Waals surface area contributed by atoms with Gasteiger partial charge in [0.2, 0.25) is 0 Å². The smallest absolute Gasteiger partial charge is 0.404 e. The van der Waals surface area contributed by atoms with Gasteiger partial charge in [0.05, 0.1) is 0 Å². The molecule has 0 aliphatic carbocycles. The molecule has 0 radical (unpaired) electrons. The van der Waals surface area contributed by atoms with Crippen LogP contribution >= 0.6 is 0 Å². The number of halogens is 1. The van der Waals surface area contributed by atoms with Gasteiger partial charge >= 0.3 is 6.09 Å². The molecule has 0 spiro atoms. The molecule has 3 N–H and O–H groups in total. The van der Waals surface area contributed by atoms with Gasteiger partial charge in [-0.25, -0.2) is 9.18 Å². The maximum atomic E-state index is 12.7.